The molecule has 1 aliphatic heterocycles. The molecule has 96 valence electrons. The fraction of sp³-hybridized carbons (Fsp3) is 0.462. The first-order chi connectivity index (χ1) is 8.52. The van der Waals surface area contributed by atoms with Crippen molar-refractivity contribution in [2.24, 2.45) is 0 Å². The Kier molecular flexibility index (Phi) is 3.58. The highest BCUT2D eigenvalue weighted by atomic mass is 32.2. The van der Waals surface area contributed by atoms with Gasteiger partial charge in [0.2, 0.25) is 0 Å². The smallest absolute Gasteiger partial charge is 0.150 e. The number of hydrogen-bond acceptors (Lipinski definition) is 4. The molecule has 18 heavy (non-hydrogen) atoms. The highest BCUT2D eigenvalue weighted by molar-refractivity contribution is 7.91. The summed E-state index contributed by atoms with van der Waals surface area (Å²) in [7, 11) is -2.84. The molecule has 0 bridgehead atoms. The molecule has 1 aliphatic rings. The third kappa shape index (κ3) is 2.82. The van der Waals surface area contributed by atoms with E-state index in [1.807, 2.05) is 25.1 Å². The summed E-state index contributed by atoms with van der Waals surface area (Å²) in [5.74, 6) is 0.469. The van der Waals surface area contributed by atoms with E-state index in [0.29, 0.717) is 18.4 Å². The fourth-order valence-corrected chi connectivity index (χ4v) is 3.68. The molecule has 0 unspecified atom stereocenters. The zero-order valence-corrected chi connectivity index (χ0v) is 11.1. The van der Waals surface area contributed by atoms with Crippen molar-refractivity contribution in [3.63, 3.8) is 0 Å². The van der Waals surface area contributed by atoms with Crippen LogP contribution in [0.25, 0.3) is 0 Å². The third-order valence-electron chi connectivity index (χ3n) is 3.30. The Bertz CT molecular complexity index is 573. The van der Waals surface area contributed by atoms with Crippen molar-refractivity contribution in [3.05, 3.63) is 29.3 Å². The molecule has 5 heteroatoms. The topological polar surface area (TPSA) is 70.0 Å². The van der Waals surface area contributed by atoms with E-state index in [9.17, 15) is 8.42 Å². The molecule has 0 atom stereocenters. The first kappa shape index (κ1) is 12.9. The largest absolute Gasteiger partial charge is 0.381 e. The lowest BCUT2D eigenvalue weighted by Crippen LogP contribution is -2.32. The van der Waals surface area contributed by atoms with Crippen LogP contribution in [0.1, 0.15) is 24.0 Å². The summed E-state index contributed by atoms with van der Waals surface area (Å²) in [6.07, 6.45) is 1.22. The average molecular weight is 264 g/mol. The molecule has 2 rings (SSSR count). The zero-order valence-electron chi connectivity index (χ0n) is 10.3. The quantitative estimate of drug-likeness (QED) is 0.885. The summed E-state index contributed by atoms with van der Waals surface area (Å²) in [6.45, 7) is 1.90. The van der Waals surface area contributed by atoms with E-state index in [2.05, 4.69) is 11.4 Å². The lowest BCUT2D eigenvalue weighted by Gasteiger charge is -2.24. The summed E-state index contributed by atoms with van der Waals surface area (Å²) < 4.78 is 22.7. The van der Waals surface area contributed by atoms with Crippen molar-refractivity contribution in [3.8, 4) is 6.07 Å². The molecule has 1 N–H and O–H groups in total. The van der Waals surface area contributed by atoms with Gasteiger partial charge in [0.15, 0.2) is 0 Å². The molecule has 1 aromatic rings. The summed E-state index contributed by atoms with van der Waals surface area (Å²) in [4.78, 5) is 0. The van der Waals surface area contributed by atoms with Crippen LogP contribution in [0.2, 0.25) is 0 Å². The summed E-state index contributed by atoms with van der Waals surface area (Å²) in [6, 6.07) is 8.00. The van der Waals surface area contributed by atoms with Crippen molar-refractivity contribution >= 4 is 15.5 Å². The van der Waals surface area contributed by atoms with Gasteiger partial charge in [-0.05, 0) is 31.4 Å². The second-order valence-corrected chi connectivity index (χ2v) is 6.98. The molecular formula is C13H16N2O2S. The van der Waals surface area contributed by atoms with Gasteiger partial charge in [-0.3, -0.25) is 0 Å². The molecule has 0 spiro atoms. The molecule has 0 aliphatic carbocycles. The lowest BCUT2D eigenvalue weighted by molar-refractivity contribution is 0.559. The van der Waals surface area contributed by atoms with Crippen molar-refractivity contribution < 1.29 is 8.42 Å². The second-order valence-electron chi connectivity index (χ2n) is 4.68. The lowest BCUT2D eigenvalue weighted by atomic mass is 10.1. The van der Waals surface area contributed by atoms with Gasteiger partial charge in [0.25, 0.3) is 0 Å². The van der Waals surface area contributed by atoms with E-state index in [4.69, 9.17) is 5.26 Å². The van der Waals surface area contributed by atoms with Crippen LogP contribution in [0.5, 0.6) is 0 Å². The molecule has 1 saturated heterocycles. The van der Waals surface area contributed by atoms with Gasteiger partial charge in [-0.2, -0.15) is 5.26 Å². The predicted octanol–water partition coefficient (Wildman–Crippen LogP) is 1.86. The van der Waals surface area contributed by atoms with Gasteiger partial charge < -0.3 is 5.32 Å². The minimum Gasteiger partial charge on any atom is -0.381 e. The number of rotatable bonds is 2. The van der Waals surface area contributed by atoms with Crippen molar-refractivity contribution in [2.75, 3.05) is 16.8 Å². The molecule has 0 radical (unpaired) electrons. The Morgan fingerprint density at radius 1 is 1.33 bits per heavy atom. The minimum atomic E-state index is -2.84. The number of hydrogen-bond donors (Lipinski definition) is 1. The first-order valence-corrected chi connectivity index (χ1v) is 7.80. The standard InChI is InChI=1S/C13H16N2O2S/c1-10-3-2-4-13(12(10)9-14)15-11-5-7-18(16,17)8-6-11/h2-4,11,15H,5-8H2,1H3. The number of nitriles is 1. The van der Waals surface area contributed by atoms with Crippen LogP contribution in [0, 0.1) is 18.3 Å². The number of nitrogens with zero attached hydrogens (tertiary/aromatic N) is 1. The van der Waals surface area contributed by atoms with E-state index < -0.39 is 9.84 Å². The fourth-order valence-electron chi connectivity index (χ4n) is 2.19. The number of nitrogens with one attached hydrogen (secondary N) is 1. The van der Waals surface area contributed by atoms with Crippen molar-refractivity contribution in [2.45, 2.75) is 25.8 Å². The Labute approximate surface area is 108 Å². The number of aryl methyl sites for hydroxylation is 1. The zero-order chi connectivity index (χ0) is 13.2. The van der Waals surface area contributed by atoms with E-state index in [1.54, 1.807) is 0 Å². The third-order valence-corrected chi connectivity index (χ3v) is 5.01. The van der Waals surface area contributed by atoms with Crippen LogP contribution >= 0.6 is 0 Å². The van der Waals surface area contributed by atoms with E-state index >= 15 is 0 Å². The Morgan fingerprint density at radius 2 is 2.00 bits per heavy atom. The molecular weight excluding hydrogens is 248 g/mol. The second kappa shape index (κ2) is 4.99. The molecule has 0 aromatic heterocycles. The molecule has 0 saturated carbocycles. The highest BCUT2D eigenvalue weighted by Crippen LogP contribution is 2.22. The van der Waals surface area contributed by atoms with Crippen molar-refractivity contribution in [1.82, 2.24) is 0 Å². The van der Waals surface area contributed by atoms with Crippen LogP contribution in [0.15, 0.2) is 18.2 Å². The van der Waals surface area contributed by atoms with Gasteiger partial charge in [0.05, 0.1) is 22.8 Å². The number of sulfone groups is 1. The van der Waals surface area contributed by atoms with E-state index in [-0.39, 0.29) is 17.5 Å². The highest BCUT2D eigenvalue weighted by Gasteiger charge is 2.23. The summed E-state index contributed by atoms with van der Waals surface area (Å²) >= 11 is 0. The van der Waals surface area contributed by atoms with Crippen molar-refractivity contribution in [1.29, 1.82) is 5.26 Å². The minimum absolute atomic E-state index is 0.141. The van der Waals surface area contributed by atoms with Crippen LogP contribution in [-0.2, 0) is 9.84 Å². The summed E-state index contributed by atoms with van der Waals surface area (Å²) in [5, 5.41) is 12.4. The number of benzene rings is 1. The Balaban J connectivity index is 2.12. The van der Waals surface area contributed by atoms with Gasteiger partial charge in [-0.1, -0.05) is 12.1 Å². The maximum atomic E-state index is 11.3. The first-order valence-electron chi connectivity index (χ1n) is 5.98. The maximum absolute atomic E-state index is 11.3. The monoisotopic (exact) mass is 264 g/mol. The predicted molar refractivity (Wildman–Crippen MR) is 71.2 cm³/mol. The van der Waals surface area contributed by atoms with Gasteiger partial charge >= 0.3 is 0 Å². The van der Waals surface area contributed by atoms with Gasteiger partial charge in [-0.15, -0.1) is 0 Å². The molecule has 1 heterocycles. The average Bonchev–Trinajstić information content (AvgIpc) is 2.32. The van der Waals surface area contributed by atoms with Crippen LogP contribution in [0.4, 0.5) is 5.69 Å². The Hall–Kier alpha value is -1.54. The molecule has 1 aromatic carbocycles. The SMILES string of the molecule is Cc1cccc(NC2CCS(=O)(=O)CC2)c1C#N. The Morgan fingerprint density at radius 3 is 2.61 bits per heavy atom. The van der Waals surface area contributed by atoms with Gasteiger partial charge in [-0.25, -0.2) is 8.42 Å². The summed E-state index contributed by atoms with van der Waals surface area (Å²) in [5.41, 5.74) is 2.39. The molecule has 4 nitrogen and oxygen atoms in total. The molecule has 1 fully saturated rings. The van der Waals surface area contributed by atoms with Crippen LogP contribution in [0.3, 0.4) is 0 Å². The maximum Gasteiger partial charge on any atom is 0.150 e. The van der Waals surface area contributed by atoms with Crippen LogP contribution in [-0.4, -0.2) is 26.0 Å². The molecule has 0 amide bonds. The van der Waals surface area contributed by atoms with Crippen LogP contribution < -0.4 is 5.32 Å². The van der Waals surface area contributed by atoms with E-state index in [0.717, 1.165) is 11.3 Å². The van der Waals surface area contributed by atoms with Gasteiger partial charge in [0.1, 0.15) is 15.9 Å². The normalized spacial score (nSPS) is 19.1. The number of anilines is 1. The van der Waals surface area contributed by atoms with Gasteiger partial charge in [0, 0.05) is 6.04 Å². The van der Waals surface area contributed by atoms with E-state index in [1.165, 1.54) is 0 Å².